The Labute approximate surface area is 84.7 Å². The minimum atomic E-state index is 0.718. The van der Waals surface area contributed by atoms with Crippen molar-refractivity contribution in [3.05, 3.63) is 29.8 Å². The number of aldehydes is 1. The van der Waals surface area contributed by atoms with Crippen molar-refractivity contribution in [1.82, 2.24) is 5.32 Å². The maximum absolute atomic E-state index is 10.4. The third-order valence-electron chi connectivity index (χ3n) is 2.17. The molecule has 0 unspecified atom stereocenters. The summed E-state index contributed by atoms with van der Waals surface area (Å²) < 4.78 is 0. The van der Waals surface area contributed by atoms with E-state index in [1.807, 2.05) is 38.4 Å². The van der Waals surface area contributed by atoms with Crippen LogP contribution in [0.5, 0.6) is 0 Å². The fourth-order valence-electron chi connectivity index (χ4n) is 1.22. The van der Waals surface area contributed by atoms with Gasteiger partial charge in [0.2, 0.25) is 0 Å². The van der Waals surface area contributed by atoms with Crippen molar-refractivity contribution >= 4 is 12.0 Å². The molecule has 14 heavy (non-hydrogen) atoms. The molecule has 0 fully saturated rings. The van der Waals surface area contributed by atoms with Crippen LogP contribution in [0, 0.1) is 0 Å². The number of rotatable bonds is 5. The first-order valence-electron chi connectivity index (χ1n) is 4.69. The van der Waals surface area contributed by atoms with Gasteiger partial charge in [0.1, 0.15) is 6.29 Å². The number of carbonyl (C=O) groups excluding carboxylic acids is 1. The fraction of sp³-hybridized carbons (Fsp3) is 0.364. The Morgan fingerprint density at radius 2 is 2.00 bits per heavy atom. The summed E-state index contributed by atoms with van der Waals surface area (Å²) in [5, 5.41) is 3.09. The smallest absolute Gasteiger partial charge is 0.150 e. The Balaban J connectivity index is 2.61. The normalized spacial score (nSPS) is 9.86. The van der Waals surface area contributed by atoms with E-state index in [1.165, 1.54) is 0 Å². The molecule has 0 aromatic heterocycles. The monoisotopic (exact) mass is 192 g/mol. The molecule has 1 N–H and O–H groups in total. The molecule has 3 heteroatoms. The van der Waals surface area contributed by atoms with Crippen LogP contribution in [-0.2, 0) is 0 Å². The molecule has 0 saturated heterocycles. The summed E-state index contributed by atoms with van der Waals surface area (Å²) in [6.07, 6.45) is 0.859. The molecular formula is C11H16N2O. The van der Waals surface area contributed by atoms with Crippen molar-refractivity contribution in [3.8, 4) is 0 Å². The van der Waals surface area contributed by atoms with Crippen LogP contribution >= 0.6 is 0 Å². The molecule has 1 aromatic carbocycles. The van der Waals surface area contributed by atoms with Gasteiger partial charge >= 0.3 is 0 Å². The highest BCUT2D eigenvalue weighted by atomic mass is 16.1. The zero-order chi connectivity index (χ0) is 10.4. The lowest BCUT2D eigenvalue weighted by Crippen LogP contribution is -2.26. The third-order valence-corrected chi connectivity index (χ3v) is 2.17. The summed E-state index contributed by atoms with van der Waals surface area (Å²) in [4.78, 5) is 12.6. The lowest BCUT2D eigenvalue weighted by molar-refractivity contribution is 0.112. The van der Waals surface area contributed by atoms with E-state index >= 15 is 0 Å². The molecule has 3 nitrogen and oxygen atoms in total. The average Bonchev–Trinajstić information content (AvgIpc) is 2.26. The maximum Gasteiger partial charge on any atom is 0.150 e. The minimum Gasteiger partial charge on any atom is -0.373 e. The van der Waals surface area contributed by atoms with Crippen LogP contribution in [0.2, 0.25) is 0 Å². The zero-order valence-corrected chi connectivity index (χ0v) is 8.66. The van der Waals surface area contributed by atoms with Crippen LogP contribution in [0.15, 0.2) is 24.3 Å². The lowest BCUT2D eigenvalue weighted by Gasteiger charge is -2.18. The molecule has 76 valence electrons. The molecule has 0 bridgehead atoms. The van der Waals surface area contributed by atoms with E-state index in [0.717, 1.165) is 30.6 Å². The van der Waals surface area contributed by atoms with Gasteiger partial charge in [-0.25, -0.2) is 0 Å². The Morgan fingerprint density at radius 1 is 1.36 bits per heavy atom. The summed E-state index contributed by atoms with van der Waals surface area (Å²) in [6.45, 7) is 1.91. The first kappa shape index (κ1) is 10.7. The number of hydrogen-bond donors (Lipinski definition) is 1. The number of likely N-dealkylation sites (N-methyl/N-ethyl adjacent to an activating group) is 2. The second-order valence-electron chi connectivity index (χ2n) is 3.23. The van der Waals surface area contributed by atoms with Gasteiger partial charge in [0.25, 0.3) is 0 Å². The molecule has 0 saturated carbocycles. The summed E-state index contributed by atoms with van der Waals surface area (Å²) in [6, 6.07) is 7.58. The van der Waals surface area contributed by atoms with Gasteiger partial charge in [0.15, 0.2) is 0 Å². The van der Waals surface area contributed by atoms with Gasteiger partial charge in [0.05, 0.1) is 0 Å². The van der Waals surface area contributed by atoms with Crippen molar-refractivity contribution in [2.75, 3.05) is 32.1 Å². The molecular weight excluding hydrogens is 176 g/mol. The Kier molecular flexibility index (Phi) is 4.13. The third kappa shape index (κ3) is 2.85. The van der Waals surface area contributed by atoms with Crippen LogP contribution in [0.4, 0.5) is 5.69 Å². The molecule has 0 amide bonds. The maximum atomic E-state index is 10.4. The number of benzene rings is 1. The van der Waals surface area contributed by atoms with E-state index < -0.39 is 0 Å². The Bertz CT molecular complexity index is 282. The van der Waals surface area contributed by atoms with Crippen LogP contribution in [0.1, 0.15) is 10.4 Å². The van der Waals surface area contributed by atoms with Gasteiger partial charge in [-0.2, -0.15) is 0 Å². The van der Waals surface area contributed by atoms with E-state index in [-0.39, 0.29) is 0 Å². The molecule has 0 spiro atoms. The minimum absolute atomic E-state index is 0.718. The highest BCUT2D eigenvalue weighted by Crippen LogP contribution is 2.12. The molecule has 1 rings (SSSR count). The zero-order valence-electron chi connectivity index (χ0n) is 8.66. The van der Waals surface area contributed by atoms with E-state index in [4.69, 9.17) is 0 Å². The van der Waals surface area contributed by atoms with Crippen molar-refractivity contribution in [2.24, 2.45) is 0 Å². The van der Waals surface area contributed by atoms with E-state index in [2.05, 4.69) is 10.2 Å². The standard InChI is InChI=1S/C11H16N2O/c1-12-7-8-13(2)11-5-3-10(9-14)4-6-11/h3-6,9,12H,7-8H2,1-2H3. The first-order valence-corrected chi connectivity index (χ1v) is 4.69. The van der Waals surface area contributed by atoms with Gasteiger partial charge in [-0.3, -0.25) is 4.79 Å². The largest absolute Gasteiger partial charge is 0.373 e. The fourth-order valence-corrected chi connectivity index (χ4v) is 1.22. The molecule has 0 aliphatic heterocycles. The molecule has 0 aliphatic rings. The summed E-state index contributed by atoms with van der Waals surface area (Å²) >= 11 is 0. The molecule has 0 radical (unpaired) electrons. The number of carbonyl (C=O) groups is 1. The summed E-state index contributed by atoms with van der Waals surface area (Å²) in [7, 11) is 3.97. The van der Waals surface area contributed by atoms with Gasteiger partial charge in [-0.15, -0.1) is 0 Å². The highest BCUT2D eigenvalue weighted by Gasteiger charge is 1.99. The van der Waals surface area contributed by atoms with E-state index in [9.17, 15) is 4.79 Å². The number of nitrogens with one attached hydrogen (secondary N) is 1. The topological polar surface area (TPSA) is 32.3 Å². The van der Waals surface area contributed by atoms with Gasteiger partial charge in [0, 0.05) is 31.4 Å². The van der Waals surface area contributed by atoms with Crippen molar-refractivity contribution < 1.29 is 4.79 Å². The first-order chi connectivity index (χ1) is 6.77. The van der Waals surface area contributed by atoms with E-state index in [0.29, 0.717) is 0 Å². The number of anilines is 1. The molecule has 0 heterocycles. The summed E-state index contributed by atoms with van der Waals surface area (Å²) in [5.74, 6) is 0. The summed E-state index contributed by atoms with van der Waals surface area (Å²) in [5.41, 5.74) is 1.85. The Hall–Kier alpha value is -1.35. The van der Waals surface area contributed by atoms with Gasteiger partial charge in [-0.05, 0) is 31.3 Å². The Morgan fingerprint density at radius 3 is 2.50 bits per heavy atom. The van der Waals surface area contributed by atoms with Crippen molar-refractivity contribution in [1.29, 1.82) is 0 Å². The number of hydrogen-bond acceptors (Lipinski definition) is 3. The van der Waals surface area contributed by atoms with Gasteiger partial charge in [-0.1, -0.05) is 0 Å². The van der Waals surface area contributed by atoms with Crippen molar-refractivity contribution in [3.63, 3.8) is 0 Å². The molecule has 0 aliphatic carbocycles. The lowest BCUT2D eigenvalue weighted by atomic mass is 10.2. The van der Waals surface area contributed by atoms with Gasteiger partial charge < -0.3 is 10.2 Å². The highest BCUT2D eigenvalue weighted by molar-refractivity contribution is 5.75. The predicted molar refractivity (Wildman–Crippen MR) is 59.0 cm³/mol. The molecule has 0 atom stereocenters. The average molecular weight is 192 g/mol. The molecule has 1 aromatic rings. The van der Waals surface area contributed by atoms with Crippen LogP contribution in [0.3, 0.4) is 0 Å². The second kappa shape index (κ2) is 5.40. The quantitative estimate of drug-likeness (QED) is 0.710. The SMILES string of the molecule is CNCCN(C)c1ccc(C=O)cc1. The number of nitrogens with zero attached hydrogens (tertiary/aromatic N) is 1. The van der Waals surface area contributed by atoms with Crippen molar-refractivity contribution in [2.45, 2.75) is 0 Å². The predicted octanol–water partition coefficient (Wildman–Crippen LogP) is 1.15. The van der Waals surface area contributed by atoms with Crippen LogP contribution < -0.4 is 10.2 Å². The van der Waals surface area contributed by atoms with Crippen LogP contribution in [-0.4, -0.2) is 33.5 Å². The van der Waals surface area contributed by atoms with E-state index in [1.54, 1.807) is 0 Å². The van der Waals surface area contributed by atoms with Crippen LogP contribution in [0.25, 0.3) is 0 Å². The second-order valence-corrected chi connectivity index (χ2v) is 3.23.